The Bertz CT molecular complexity index is 908. The van der Waals surface area contributed by atoms with E-state index in [1.165, 1.54) is 0 Å². The lowest BCUT2D eigenvalue weighted by Gasteiger charge is -2.34. The molecule has 0 radical (unpaired) electrons. The van der Waals surface area contributed by atoms with Crippen LogP contribution < -0.4 is 5.32 Å². The number of rotatable bonds is 15. The highest BCUT2D eigenvalue weighted by molar-refractivity contribution is 6.30. The average Bonchev–Trinajstić information content (AvgIpc) is 3.30. The summed E-state index contributed by atoms with van der Waals surface area (Å²) in [6.07, 6.45) is 3.95. The van der Waals surface area contributed by atoms with Gasteiger partial charge in [0.2, 0.25) is 5.91 Å². The van der Waals surface area contributed by atoms with Gasteiger partial charge in [-0.25, -0.2) is 0 Å². The molecular weight excluding hydrogens is 510 g/mol. The van der Waals surface area contributed by atoms with E-state index in [1.54, 1.807) is 20.1 Å². The second-order valence-electron chi connectivity index (χ2n) is 11.0. The molecule has 1 aliphatic carbocycles. The van der Waals surface area contributed by atoms with E-state index in [0.29, 0.717) is 43.9 Å². The molecule has 1 fully saturated rings. The van der Waals surface area contributed by atoms with Crippen LogP contribution in [0.3, 0.4) is 0 Å². The zero-order chi connectivity index (χ0) is 28.2. The van der Waals surface area contributed by atoms with E-state index in [4.69, 9.17) is 30.5 Å². The number of benzene rings is 1. The van der Waals surface area contributed by atoms with Crippen LogP contribution >= 0.6 is 11.6 Å². The molecular formula is C29H44ClNO7. The largest absolute Gasteiger partial charge is 0.466 e. The fraction of sp³-hybridized carbons (Fsp3) is 0.690. The van der Waals surface area contributed by atoms with E-state index in [1.807, 2.05) is 39.0 Å². The number of ether oxygens (including phenoxy) is 4. The summed E-state index contributed by atoms with van der Waals surface area (Å²) in [6.45, 7) is 8.31. The Balaban J connectivity index is 2.15. The summed E-state index contributed by atoms with van der Waals surface area (Å²) in [5.41, 5.74) is -0.461. The predicted molar refractivity (Wildman–Crippen MR) is 146 cm³/mol. The molecule has 1 saturated carbocycles. The van der Waals surface area contributed by atoms with Crippen molar-refractivity contribution in [3.05, 3.63) is 34.9 Å². The molecule has 0 spiro atoms. The summed E-state index contributed by atoms with van der Waals surface area (Å²) in [7, 11) is 1.59. The second-order valence-corrected chi connectivity index (χ2v) is 11.5. The number of carbonyl (C=O) groups excluding carboxylic acids is 3. The predicted octanol–water partition coefficient (Wildman–Crippen LogP) is 5.24. The normalized spacial score (nSPS) is 16.5. The standard InChI is InChI=1S/C29H44ClNO7/c1-6-37-25(32)17-24(20-36-19-21-10-9-11-23(30)16-21)31-27(34)29(13-7-8-14-29)18-22(12-15-35-5)26(33)38-28(2,3)4/h9-11,16,22,24H,6-8,12-15,17-20H2,1-5H3,(H,31,34)/t22-,24+/m1/s1. The maximum Gasteiger partial charge on any atom is 0.309 e. The molecule has 8 nitrogen and oxygen atoms in total. The number of carbonyl (C=O) groups is 3. The zero-order valence-electron chi connectivity index (χ0n) is 23.5. The Hall–Kier alpha value is -2.16. The molecule has 2 atom stereocenters. The summed E-state index contributed by atoms with van der Waals surface area (Å²) in [4.78, 5) is 39.2. The van der Waals surface area contributed by atoms with Crippen LogP contribution in [0.25, 0.3) is 0 Å². The summed E-state index contributed by atoms with van der Waals surface area (Å²) in [5.74, 6) is -1.36. The monoisotopic (exact) mass is 553 g/mol. The number of hydrogen-bond acceptors (Lipinski definition) is 7. The van der Waals surface area contributed by atoms with Crippen molar-refractivity contribution in [1.82, 2.24) is 5.32 Å². The van der Waals surface area contributed by atoms with Crippen molar-refractivity contribution in [1.29, 1.82) is 0 Å². The van der Waals surface area contributed by atoms with Crippen molar-refractivity contribution in [3.8, 4) is 0 Å². The molecule has 0 saturated heterocycles. The highest BCUT2D eigenvalue weighted by atomic mass is 35.5. The molecule has 1 aromatic rings. The van der Waals surface area contributed by atoms with Gasteiger partial charge in [0.15, 0.2) is 0 Å². The number of nitrogens with one attached hydrogen (secondary N) is 1. The number of amides is 1. The third-order valence-electron chi connectivity index (χ3n) is 6.62. The fourth-order valence-corrected chi connectivity index (χ4v) is 5.07. The first-order chi connectivity index (χ1) is 18.0. The zero-order valence-corrected chi connectivity index (χ0v) is 24.2. The molecule has 2 rings (SSSR count). The fourth-order valence-electron chi connectivity index (χ4n) is 4.85. The van der Waals surface area contributed by atoms with Crippen LogP contribution in [-0.4, -0.2) is 56.4 Å². The van der Waals surface area contributed by atoms with Crippen LogP contribution in [0.1, 0.15) is 78.2 Å². The van der Waals surface area contributed by atoms with Crippen LogP contribution in [0.2, 0.25) is 5.02 Å². The number of halogens is 1. The van der Waals surface area contributed by atoms with Gasteiger partial charge in [0.1, 0.15) is 5.60 Å². The summed E-state index contributed by atoms with van der Waals surface area (Å²) >= 11 is 6.06. The number of esters is 2. The van der Waals surface area contributed by atoms with E-state index in [9.17, 15) is 14.4 Å². The topological polar surface area (TPSA) is 100 Å². The average molecular weight is 554 g/mol. The molecule has 1 aliphatic rings. The number of methoxy groups -OCH3 is 1. The van der Waals surface area contributed by atoms with Gasteiger partial charge in [0.25, 0.3) is 0 Å². The van der Waals surface area contributed by atoms with Gasteiger partial charge in [-0.3, -0.25) is 14.4 Å². The van der Waals surface area contributed by atoms with E-state index >= 15 is 0 Å². The molecule has 0 aromatic heterocycles. The Kier molecular flexibility index (Phi) is 13.0. The third kappa shape index (κ3) is 10.9. The lowest BCUT2D eigenvalue weighted by Crippen LogP contribution is -2.48. The Labute approximate surface area is 232 Å². The molecule has 1 amide bonds. The second kappa shape index (κ2) is 15.4. The van der Waals surface area contributed by atoms with Gasteiger partial charge in [-0.1, -0.05) is 36.6 Å². The van der Waals surface area contributed by atoms with Crippen molar-refractivity contribution in [2.24, 2.45) is 11.3 Å². The van der Waals surface area contributed by atoms with Gasteiger partial charge in [-0.15, -0.1) is 0 Å². The molecule has 0 bridgehead atoms. The first-order valence-electron chi connectivity index (χ1n) is 13.5. The van der Waals surface area contributed by atoms with Crippen LogP contribution in [0, 0.1) is 11.3 Å². The van der Waals surface area contributed by atoms with E-state index in [-0.39, 0.29) is 31.5 Å². The minimum absolute atomic E-state index is 0.00955. The Morgan fingerprint density at radius 2 is 1.87 bits per heavy atom. The van der Waals surface area contributed by atoms with Gasteiger partial charge in [-0.05, 0) is 71.1 Å². The smallest absolute Gasteiger partial charge is 0.309 e. The maximum absolute atomic E-state index is 13.8. The van der Waals surface area contributed by atoms with E-state index < -0.39 is 28.9 Å². The van der Waals surface area contributed by atoms with Crippen molar-refractivity contribution < 1.29 is 33.3 Å². The molecule has 9 heteroatoms. The van der Waals surface area contributed by atoms with Crippen molar-refractivity contribution in [2.45, 2.75) is 90.9 Å². The molecule has 38 heavy (non-hydrogen) atoms. The van der Waals surface area contributed by atoms with Gasteiger partial charge in [-0.2, -0.15) is 0 Å². The Morgan fingerprint density at radius 3 is 2.47 bits per heavy atom. The quantitative estimate of drug-likeness (QED) is 0.296. The van der Waals surface area contributed by atoms with Crippen LogP contribution in [0.4, 0.5) is 0 Å². The van der Waals surface area contributed by atoms with Gasteiger partial charge >= 0.3 is 11.9 Å². The lowest BCUT2D eigenvalue weighted by molar-refractivity contribution is -0.162. The van der Waals surface area contributed by atoms with Crippen molar-refractivity contribution in [2.75, 3.05) is 26.9 Å². The molecule has 0 unspecified atom stereocenters. The maximum atomic E-state index is 13.8. The minimum atomic E-state index is -0.727. The van der Waals surface area contributed by atoms with Crippen LogP contribution in [0.15, 0.2) is 24.3 Å². The van der Waals surface area contributed by atoms with E-state index in [0.717, 1.165) is 18.4 Å². The summed E-state index contributed by atoms with van der Waals surface area (Å²) < 4.78 is 21.9. The molecule has 1 N–H and O–H groups in total. The summed E-state index contributed by atoms with van der Waals surface area (Å²) in [6, 6.07) is 6.76. The molecule has 0 aliphatic heterocycles. The minimum Gasteiger partial charge on any atom is -0.466 e. The number of hydrogen-bond donors (Lipinski definition) is 1. The summed E-state index contributed by atoms with van der Waals surface area (Å²) in [5, 5.41) is 3.67. The van der Waals surface area contributed by atoms with Gasteiger partial charge in [0.05, 0.1) is 43.6 Å². The molecule has 0 heterocycles. The van der Waals surface area contributed by atoms with Crippen molar-refractivity contribution >= 4 is 29.4 Å². The third-order valence-corrected chi connectivity index (χ3v) is 6.86. The highest BCUT2D eigenvalue weighted by Gasteiger charge is 2.45. The molecule has 1 aromatic carbocycles. The van der Waals surface area contributed by atoms with Gasteiger partial charge < -0.3 is 24.3 Å². The molecule has 214 valence electrons. The van der Waals surface area contributed by atoms with Crippen LogP contribution in [-0.2, 0) is 39.9 Å². The Morgan fingerprint density at radius 1 is 1.16 bits per heavy atom. The first kappa shape index (κ1) is 32.1. The lowest BCUT2D eigenvalue weighted by atomic mass is 9.75. The highest BCUT2D eigenvalue weighted by Crippen LogP contribution is 2.44. The van der Waals surface area contributed by atoms with Crippen molar-refractivity contribution in [3.63, 3.8) is 0 Å². The van der Waals surface area contributed by atoms with E-state index in [2.05, 4.69) is 5.32 Å². The van der Waals surface area contributed by atoms with Gasteiger partial charge in [0, 0.05) is 18.7 Å². The first-order valence-corrected chi connectivity index (χ1v) is 13.9. The van der Waals surface area contributed by atoms with Crippen LogP contribution in [0.5, 0.6) is 0 Å². The SMILES string of the molecule is CCOC(=O)C[C@@H](COCc1cccc(Cl)c1)NC(=O)C1(C[C@@H](CCOC)C(=O)OC(C)(C)C)CCCC1.